The van der Waals surface area contributed by atoms with Crippen LogP contribution in [0.3, 0.4) is 0 Å². The fourth-order valence-corrected chi connectivity index (χ4v) is 6.80. The van der Waals surface area contributed by atoms with Crippen LogP contribution in [0.5, 0.6) is 11.5 Å². The van der Waals surface area contributed by atoms with Crippen LogP contribution in [0.2, 0.25) is 5.02 Å². The monoisotopic (exact) mass is 617 g/mol. The number of fused-ring (bicyclic) bond motifs is 2. The minimum Gasteiger partial charge on any atom is -0.497 e. The SMILES string of the molecule is C=C(OC)c1ccc2nc(CN3CCC(c4cccc5c4OC[C@](C)(c4ccc(Cl)cc4F)O5)CC3)n(C[C@@H]3CCO3)c2c1. The Hall–Kier alpha value is -3.59. The maximum atomic E-state index is 14.8. The van der Waals surface area contributed by atoms with Crippen molar-refractivity contribution in [2.75, 3.05) is 33.4 Å². The van der Waals surface area contributed by atoms with Gasteiger partial charge in [-0.3, -0.25) is 4.90 Å². The number of para-hydroxylation sites is 1. The number of likely N-dealkylation sites (tertiary alicyclic amines) is 1. The molecule has 0 amide bonds. The molecule has 2 fully saturated rings. The average Bonchev–Trinajstić information content (AvgIpc) is 3.34. The topological polar surface area (TPSA) is 58.0 Å². The lowest BCUT2D eigenvalue weighted by Crippen LogP contribution is -2.40. The van der Waals surface area contributed by atoms with Crippen LogP contribution >= 0.6 is 11.6 Å². The van der Waals surface area contributed by atoms with Crippen LogP contribution in [0.25, 0.3) is 16.8 Å². The van der Waals surface area contributed by atoms with Crippen LogP contribution in [0.15, 0.2) is 61.2 Å². The lowest BCUT2D eigenvalue weighted by Gasteiger charge is -2.38. The number of hydrogen-bond acceptors (Lipinski definition) is 6. The molecular weight excluding hydrogens is 581 g/mol. The molecule has 0 saturated carbocycles. The summed E-state index contributed by atoms with van der Waals surface area (Å²) in [6.45, 7) is 10.4. The third-order valence-corrected chi connectivity index (χ3v) is 9.54. The first kappa shape index (κ1) is 29.1. The Labute approximate surface area is 262 Å². The van der Waals surface area contributed by atoms with Crippen LogP contribution < -0.4 is 9.47 Å². The van der Waals surface area contributed by atoms with E-state index in [0.717, 1.165) is 85.8 Å². The van der Waals surface area contributed by atoms with Crippen molar-refractivity contribution in [3.63, 3.8) is 0 Å². The van der Waals surface area contributed by atoms with E-state index in [1.54, 1.807) is 19.2 Å². The molecule has 2 saturated heterocycles. The summed E-state index contributed by atoms with van der Waals surface area (Å²) in [5, 5.41) is 0.354. The van der Waals surface area contributed by atoms with Crippen LogP contribution in [0, 0.1) is 5.82 Å². The average molecular weight is 618 g/mol. The smallest absolute Gasteiger partial charge is 0.168 e. The first-order chi connectivity index (χ1) is 21.3. The van der Waals surface area contributed by atoms with Crippen molar-refractivity contribution in [2.24, 2.45) is 0 Å². The summed E-state index contributed by atoms with van der Waals surface area (Å²) < 4.78 is 41.1. The molecule has 0 spiro atoms. The number of piperidine rings is 1. The van der Waals surface area contributed by atoms with E-state index in [1.165, 1.54) is 6.07 Å². The minimum atomic E-state index is -0.947. The maximum Gasteiger partial charge on any atom is 0.168 e. The largest absolute Gasteiger partial charge is 0.497 e. The number of methoxy groups -OCH3 is 1. The molecule has 3 aliphatic heterocycles. The van der Waals surface area contributed by atoms with Crippen LogP contribution in [0.4, 0.5) is 4.39 Å². The molecule has 0 bridgehead atoms. The number of rotatable bonds is 8. The van der Waals surface area contributed by atoms with Crippen molar-refractivity contribution < 1.29 is 23.3 Å². The van der Waals surface area contributed by atoms with Gasteiger partial charge in [0.1, 0.15) is 24.0 Å². The van der Waals surface area contributed by atoms with Gasteiger partial charge in [0.25, 0.3) is 0 Å². The number of benzene rings is 3. The van der Waals surface area contributed by atoms with Crippen molar-refractivity contribution in [2.45, 2.75) is 56.9 Å². The highest BCUT2D eigenvalue weighted by molar-refractivity contribution is 6.30. The summed E-state index contributed by atoms with van der Waals surface area (Å²) in [5.41, 5.74) is 3.65. The van der Waals surface area contributed by atoms with Crippen molar-refractivity contribution in [3.8, 4) is 11.5 Å². The van der Waals surface area contributed by atoms with E-state index in [4.69, 9.17) is 35.5 Å². The quantitative estimate of drug-likeness (QED) is 0.193. The van der Waals surface area contributed by atoms with E-state index in [1.807, 2.05) is 25.1 Å². The van der Waals surface area contributed by atoms with Crippen molar-refractivity contribution in [3.05, 3.63) is 94.5 Å². The van der Waals surface area contributed by atoms with Gasteiger partial charge in [0.05, 0.1) is 37.3 Å². The van der Waals surface area contributed by atoms with E-state index in [-0.39, 0.29) is 12.7 Å². The molecule has 1 aromatic heterocycles. The molecule has 4 aromatic rings. The fraction of sp³-hybridized carbons (Fsp3) is 0.400. The highest BCUT2D eigenvalue weighted by atomic mass is 35.5. The number of hydrogen-bond donors (Lipinski definition) is 0. The normalized spacial score (nSPS) is 22.1. The lowest BCUT2D eigenvalue weighted by molar-refractivity contribution is -0.0592. The molecule has 9 heteroatoms. The molecule has 2 atom stereocenters. The predicted molar refractivity (Wildman–Crippen MR) is 169 cm³/mol. The second-order valence-corrected chi connectivity index (χ2v) is 12.7. The summed E-state index contributed by atoms with van der Waals surface area (Å²) in [6, 6.07) is 16.9. The Kier molecular flexibility index (Phi) is 7.77. The zero-order valence-electron chi connectivity index (χ0n) is 25.2. The summed E-state index contributed by atoms with van der Waals surface area (Å²) in [5.74, 6) is 3.06. The third kappa shape index (κ3) is 5.44. The first-order valence-electron chi connectivity index (χ1n) is 15.3. The number of halogens is 2. The highest BCUT2D eigenvalue weighted by Gasteiger charge is 2.39. The molecule has 3 aliphatic rings. The molecule has 0 radical (unpaired) electrons. The summed E-state index contributed by atoms with van der Waals surface area (Å²) in [4.78, 5) is 7.54. The number of imidazole rings is 1. The summed E-state index contributed by atoms with van der Waals surface area (Å²) in [6.07, 6.45) is 3.27. The maximum absolute atomic E-state index is 14.8. The van der Waals surface area contributed by atoms with Gasteiger partial charge in [-0.2, -0.15) is 0 Å². The van der Waals surface area contributed by atoms with Crippen LogP contribution in [0.1, 0.15) is 54.6 Å². The van der Waals surface area contributed by atoms with Gasteiger partial charge >= 0.3 is 0 Å². The molecule has 230 valence electrons. The van der Waals surface area contributed by atoms with E-state index in [2.05, 4.69) is 34.2 Å². The van der Waals surface area contributed by atoms with Gasteiger partial charge < -0.3 is 23.5 Å². The zero-order valence-corrected chi connectivity index (χ0v) is 25.9. The molecular formula is C35H37ClFN3O4. The molecule has 0 N–H and O–H groups in total. The molecule has 44 heavy (non-hydrogen) atoms. The first-order valence-corrected chi connectivity index (χ1v) is 15.7. The van der Waals surface area contributed by atoms with E-state index < -0.39 is 11.4 Å². The molecule has 0 aliphatic carbocycles. The van der Waals surface area contributed by atoms with Gasteiger partial charge in [-0.15, -0.1) is 0 Å². The number of ether oxygens (including phenoxy) is 4. The summed E-state index contributed by atoms with van der Waals surface area (Å²) >= 11 is 5.99. The second kappa shape index (κ2) is 11.7. The number of nitrogens with zero attached hydrogens (tertiary/aromatic N) is 3. The van der Waals surface area contributed by atoms with Gasteiger partial charge in [-0.25, -0.2) is 9.37 Å². The molecule has 7 nitrogen and oxygen atoms in total. The van der Waals surface area contributed by atoms with Crippen molar-refractivity contribution in [1.82, 2.24) is 14.5 Å². The zero-order chi connectivity index (χ0) is 30.4. The van der Waals surface area contributed by atoms with Crippen molar-refractivity contribution >= 4 is 28.4 Å². The molecule has 7 rings (SSSR count). The number of aromatic nitrogens is 2. The standard InChI is InChI=1S/C35H37ClFN3O4/c1-22(41-3)24-7-10-30-31(17-24)40(19-26-13-16-42-26)33(38-30)20-39-14-11-23(12-15-39)27-5-4-6-32-34(27)43-21-35(2,44-32)28-9-8-25(36)18-29(28)37/h4-10,17-18,23,26H,1,11-16,19-21H2,2-3H3/t26-,35+/m0/s1. The molecule has 4 heterocycles. The predicted octanol–water partition coefficient (Wildman–Crippen LogP) is 7.30. The van der Waals surface area contributed by atoms with Crippen LogP contribution in [-0.2, 0) is 28.2 Å². The van der Waals surface area contributed by atoms with E-state index >= 15 is 0 Å². The third-order valence-electron chi connectivity index (χ3n) is 9.31. The Bertz CT molecular complexity index is 1710. The Morgan fingerprint density at radius 1 is 1.14 bits per heavy atom. The van der Waals surface area contributed by atoms with Gasteiger partial charge in [-0.1, -0.05) is 36.4 Å². The Morgan fingerprint density at radius 2 is 1.95 bits per heavy atom. The molecule has 3 aromatic carbocycles. The van der Waals surface area contributed by atoms with Gasteiger partial charge in [0.15, 0.2) is 17.1 Å². The minimum absolute atomic E-state index is 0.217. The van der Waals surface area contributed by atoms with Gasteiger partial charge in [0, 0.05) is 28.3 Å². The second-order valence-electron chi connectivity index (χ2n) is 12.2. The van der Waals surface area contributed by atoms with Gasteiger partial charge in [-0.05, 0) is 81.6 Å². The Balaban J connectivity index is 1.07. The van der Waals surface area contributed by atoms with E-state index in [0.29, 0.717) is 28.0 Å². The fourth-order valence-electron chi connectivity index (χ4n) is 6.64. The van der Waals surface area contributed by atoms with Crippen molar-refractivity contribution in [1.29, 1.82) is 0 Å². The van der Waals surface area contributed by atoms with Gasteiger partial charge in [0.2, 0.25) is 0 Å². The van der Waals surface area contributed by atoms with E-state index in [9.17, 15) is 4.39 Å². The Morgan fingerprint density at radius 3 is 2.68 bits per heavy atom. The summed E-state index contributed by atoms with van der Waals surface area (Å²) in [7, 11) is 1.64. The lowest BCUT2D eigenvalue weighted by atomic mass is 9.87. The molecule has 0 unspecified atom stereocenters. The van der Waals surface area contributed by atoms with Crippen LogP contribution in [-0.4, -0.2) is 54.0 Å². The highest BCUT2D eigenvalue weighted by Crippen LogP contribution is 2.46.